The smallest absolute Gasteiger partial charge is 0.305 e. The average molecular weight is 693 g/mol. The first-order valence-electron chi connectivity index (χ1n) is 21.2. The Morgan fingerprint density at radius 3 is 1.24 bits per heavy atom. The largest absolute Gasteiger partial charge is 0.465 e. The molecule has 0 N–H and O–H groups in total. The number of ether oxygens (including phenoxy) is 2. The van der Waals surface area contributed by atoms with E-state index in [-0.39, 0.29) is 31.1 Å². The van der Waals surface area contributed by atoms with Crippen LogP contribution in [0.15, 0.2) is 0 Å². The van der Waals surface area contributed by atoms with Crippen molar-refractivity contribution < 1.29 is 23.9 Å². The van der Waals surface area contributed by atoms with Crippen LogP contribution in [0.25, 0.3) is 0 Å². The molecule has 0 aliphatic carbocycles. The van der Waals surface area contributed by atoms with Gasteiger partial charge in [0.05, 0.1) is 0 Å². The van der Waals surface area contributed by atoms with Crippen LogP contribution < -0.4 is 0 Å². The number of unbranched alkanes of at least 4 members (excludes halogenated alkanes) is 18. The van der Waals surface area contributed by atoms with Crippen molar-refractivity contribution in [3.63, 3.8) is 0 Å². The van der Waals surface area contributed by atoms with E-state index in [4.69, 9.17) is 9.47 Å². The van der Waals surface area contributed by atoms with Gasteiger partial charge in [-0.15, -0.1) is 0 Å². The highest BCUT2D eigenvalue weighted by Crippen LogP contribution is 2.33. The Kier molecular flexibility index (Phi) is 28.8. The molecular formula is C42H80N2O5. The monoisotopic (exact) mass is 693 g/mol. The zero-order valence-corrected chi connectivity index (χ0v) is 33.0. The molecule has 0 radical (unpaired) electrons. The van der Waals surface area contributed by atoms with Crippen molar-refractivity contribution in [3.05, 3.63) is 0 Å². The molecule has 0 aromatic carbocycles. The summed E-state index contributed by atoms with van der Waals surface area (Å²) >= 11 is 0. The number of rotatable bonds is 33. The number of nitrogens with zero attached hydrogens (tertiary/aromatic N) is 2. The molecule has 1 aliphatic heterocycles. The number of carbonyl (C=O) groups is 3. The van der Waals surface area contributed by atoms with Crippen LogP contribution in [-0.2, 0) is 23.9 Å². The van der Waals surface area contributed by atoms with Crippen LogP contribution in [0, 0.1) is 5.41 Å². The second-order valence-electron chi connectivity index (χ2n) is 15.2. The Bertz CT molecular complexity index is 763. The van der Waals surface area contributed by atoms with Gasteiger partial charge in [-0.05, 0) is 51.6 Å². The topological polar surface area (TPSA) is 76.1 Å². The van der Waals surface area contributed by atoms with Crippen LogP contribution in [0.3, 0.4) is 0 Å². The van der Waals surface area contributed by atoms with E-state index in [1.54, 1.807) is 0 Å². The lowest BCUT2D eigenvalue weighted by Crippen LogP contribution is -2.48. The van der Waals surface area contributed by atoms with Gasteiger partial charge in [0.1, 0.15) is 13.2 Å². The van der Waals surface area contributed by atoms with Gasteiger partial charge in [0.25, 0.3) is 0 Å². The molecule has 1 amide bonds. The lowest BCUT2D eigenvalue weighted by molar-refractivity contribution is -0.158. The number of amides is 1. The van der Waals surface area contributed by atoms with E-state index in [2.05, 4.69) is 32.6 Å². The number of esters is 2. The minimum absolute atomic E-state index is 0.152. The van der Waals surface area contributed by atoms with E-state index in [0.717, 1.165) is 58.2 Å². The summed E-state index contributed by atoms with van der Waals surface area (Å²) in [6, 6.07) is 0. The van der Waals surface area contributed by atoms with Gasteiger partial charge in [0, 0.05) is 44.3 Å². The Morgan fingerprint density at radius 1 is 0.490 bits per heavy atom. The third-order valence-corrected chi connectivity index (χ3v) is 10.5. The maximum absolute atomic E-state index is 13.2. The number of piperidine rings is 1. The molecule has 1 aliphatic rings. The minimum Gasteiger partial charge on any atom is -0.465 e. The summed E-state index contributed by atoms with van der Waals surface area (Å²) in [4.78, 5) is 43.2. The van der Waals surface area contributed by atoms with E-state index in [9.17, 15) is 14.4 Å². The van der Waals surface area contributed by atoms with E-state index >= 15 is 0 Å². The summed E-state index contributed by atoms with van der Waals surface area (Å²) < 4.78 is 11.7. The first-order valence-corrected chi connectivity index (χ1v) is 21.2. The minimum atomic E-state index is -0.423. The fourth-order valence-corrected chi connectivity index (χ4v) is 6.84. The molecule has 1 rings (SSSR count). The first kappa shape index (κ1) is 45.4. The summed E-state index contributed by atoms with van der Waals surface area (Å²) in [5.74, 6) is -0.0986. The van der Waals surface area contributed by atoms with Gasteiger partial charge in [0.15, 0.2) is 0 Å². The highest BCUT2D eigenvalue weighted by Gasteiger charge is 2.38. The van der Waals surface area contributed by atoms with Crippen molar-refractivity contribution in [1.29, 1.82) is 0 Å². The van der Waals surface area contributed by atoms with Crippen molar-refractivity contribution >= 4 is 17.8 Å². The maximum atomic E-state index is 13.2. The summed E-state index contributed by atoms with van der Waals surface area (Å²) in [5.41, 5.74) is -0.423. The fraction of sp³-hybridized carbons (Fsp3) is 0.929. The molecular weight excluding hydrogens is 612 g/mol. The number of hydrogen-bond donors (Lipinski definition) is 0. The molecule has 1 fully saturated rings. The van der Waals surface area contributed by atoms with Gasteiger partial charge < -0.3 is 19.3 Å². The highest BCUT2D eigenvalue weighted by molar-refractivity contribution is 5.76. The molecule has 288 valence electrons. The van der Waals surface area contributed by atoms with Crippen LogP contribution in [-0.4, -0.2) is 73.6 Å². The molecule has 1 saturated heterocycles. The molecule has 7 nitrogen and oxygen atoms in total. The van der Waals surface area contributed by atoms with Crippen molar-refractivity contribution in [3.8, 4) is 0 Å². The van der Waals surface area contributed by atoms with Crippen LogP contribution in [0.5, 0.6) is 0 Å². The summed E-state index contributed by atoms with van der Waals surface area (Å²) in [6.45, 7) is 13.6. The van der Waals surface area contributed by atoms with Crippen LogP contribution in [0.2, 0.25) is 0 Å². The number of hydrogen-bond acceptors (Lipinski definition) is 6. The Labute approximate surface area is 303 Å². The highest BCUT2D eigenvalue weighted by atomic mass is 16.5. The van der Waals surface area contributed by atoms with E-state index in [1.807, 2.05) is 4.90 Å². The summed E-state index contributed by atoms with van der Waals surface area (Å²) in [5, 5.41) is 0. The predicted octanol–water partition coefficient (Wildman–Crippen LogP) is 10.8. The van der Waals surface area contributed by atoms with Gasteiger partial charge in [-0.1, -0.05) is 143 Å². The lowest BCUT2D eigenvalue weighted by Gasteiger charge is -2.41. The van der Waals surface area contributed by atoms with E-state index in [1.165, 1.54) is 103 Å². The second-order valence-corrected chi connectivity index (χ2v) is 15.2. The standard InChI is InChI=1S/C42H80N2O5/c1-5-9-13-15-17-19-21-23-25-27-40(46)48-37-42(38-49-41(47)28-26-24-22-20-18-16-14-10-6-2)30-35-44(36-31-42)39(45)29-34-43(32-11-7-3)33-12-8-4/h5-38H2,1-4H3. The quantitative estimate of drug-likeness (QED) is 0.0503. The summed E-state index contributed by atoms with van der Waals surface area (Å²) in [7, 11) is 0. The molecule has 7 heteroatoms. The Balaban J connectivity index is 2.56. The van der Waals surface area contributed by atoms with Crippen molar-refractivity contribution in [2.75, 3.05) is 45.9 Å². The lowest BCUT2D eigenvalue weighted by atomic mass is 9.79. The second kappa shape index (κ2) is 31.1. The van der Waals surface area contributed by atoms with E-state index in [0.29, 0.717) is 45.2 Å². The molecule has 0 saturated carbocycles. The maximum Gasteiger partial charge on any atom is 0.305 e. The van der Waals surface area contributed by atoms with Crippen molar-refractivity contribution in [2.45, 2.75) is 201 Å². The van der Waals surface area contributed by atoms with Gasteiger partial charge in [0.2, 0.25) is 5.91 Å². The molecule has 49 heavy (non-hydrogen) atoms. The molecule has 0 aromatic rings. The van der Waals surface area contributed by atoms with Gasteiger partial charge >= 0.3 is 11.9 Å². The molecule has 0 aromatic heterocycles. The average Bonchev–Trinajstić information content (AvgIpc) is 3.11. The third kappa shape index (κ3) is 24.2. The third-order valence-electron chi connectivity index (χ3n) is 10.5. The van der Waals surface area contributed by atoms with Crippen LogP contribution in [0.4, 0.5) is 0 Å². The van der Waals surface area contributed by atoms with Gasteiger partial charge in [-0.25, -0.2) is 0 Å². The van der Waals surface area contributed by atoms with Crippen LogP contribution in [0.1, 0.15) is 201 Å². The van der Waals surface area contributed by atoms with Gasteiger partial charge in [-0.3, -0.25) is 14.4 Å². The van der Waals surface area contributed by atoms with Gasteiger partial charge in [-0.2, -0.15) is 0 Å². The summed E-state index contributed by atoms with van der Waals surface area (Å²) in [6.07, 6.45) is 29.3. The predicted molar refractivity (Wildman–Crippen MR) is 205 cm³/mol. The van der Waals surface area contributed by atoms with Crippen molar-refractivity contribution in [2.24, 2.45) is 5.41 Å². The zero-order chi connectivity index (χ0) is 35.8. The normalized spacial score (nSPS) is 14.3. The molecule has 0 bridgehead atoms. The molecule has 0 spiro atoms. The SMILES string of the molecule is CCCCCCCCCCCC(=O)OCC1(COC(=O)CCCCCCCCCCC)CCN(C(=O)CCN(CCCC)CCCC)CC1. The zero-order valence-electron chi connectivity index (χ0n) is 33.0. The first-order chi connectivity index (χ1) is 23.9. The molecule has 0 unspecified atom stereocenters. The van der Waals surface area contributed by atoms with Crippen molar-refractivity contribution in [1.82, 2.24) is 9.80 Å². The fourth-order valence-electron chi connectivity index (χ4n) is 6.84. The molecule has 1 heterocycles. The van der Waals surface area contributed by atoms with Crippen LogP contribution >= 0.6 is 0 Å². The van der Waals surface area contributed by atoms with E-state index < -0.39 is 5.41 Å². The number of likely N-dealkylation sites (tertiary alicyclic amines) is 1. The Morgan fingerprint density at radius 2 is 0.857 bits per heavy atom. The molecule has 0 atom stereocenters. The number of carbonyl (C=O) groups excluding carboxylic acids is 3. The Hall–Kier alpha value is -1.63.